The maximum atomic E-state index is 12.8. The largest absolute Gasteiger partial charge is 0.486 e. The molecule has 1 saturated heterocycles. The van der Waals surface area contributed by atoms with Crippen molar-refractivity contribution in [1.82, 2.24) is 19.2 Å². The minimum atomic E-state index is 0.0783. The maximum Gasteiger partial charge on any atom is 0.255 e. The van der Waals surface area contributed by atoms with Gasteiger partial charge in [0.05, 0.1) is 23.6 Å². The number of fused-ring (bicyclic) bond motifs is 2. The van der Waals surface area contributed by atoms with E-state index in [1.165, 1.54) is 5.56 Å². The van der Waals surface area contributed by atoms with E-state index in [1.807, 2.05) is 33.7 Å². The lowest BCUT2D eigenvalue weighted by Crippen LogP contribution is -2.48. The smallest absolute Gasteiger partial charge is 0.255 e. The topological polar surface area (TPSA) is 59.3 Å². The van der Waals surface area contributed by atoms with E-state index in [9.17, 15) is 4.79 Å². The van der Waals surface area contributed by atoms with Gasteiger partial charge in [-0.3, -0.25) is 9.69 Å². The van der Waals surface area contributed by atoms with Crippen LogP contribution in [0.25, 0.3) is 5.52 Å². The van der Waals surface area contributed by atoms with Crippen LogP contribution in [0.4, 0.5) is 0 Å². The third-order valence-electron chi connectivity index (χ3n) is 5.33. The molecule has 2 aliphatic rings. The van der Waals surface area contributed by atoms with Gasteiger partial charge < -0.3 is 18.8 Å². The molecule has 2 aliphatic heterocycles. The summed E-state index contributed by atoms with van der Waals surface area (Å²) >= 11 is 0. The molecule has 0 atom stereocenters. The van der Waals surface area contributed by atoms with Gasteiger partial charge >= 0.3 is 0 Å². The Morgan fingerprint density at radius 3 is 2.68 bits per heavy atom. The van der Waals surface area contributed by atoms with Gasteiger partial charge in [0.15, 0.2) is 11.5 Å². The van der Waals surface area contributed by atoms with Crippen molar-refractivity contribution < 1.29 is 14.3 Å². The Morgan fingerprint density at radius 2 is 1.82 bits per heavy atom. The maximum absolute atomic E-state index is 12.8. The second-order valence-electron chi connectivity index (χ2n) is 7.19. The minimum absolute atomic E-state index is 0.0783. The highest BCUT2D eigenvalue weighted by molar-refractivity contribution is 5.94. The van der Waals surface area contributed by atoms with Crippen LogP contribution in [0.2, 0.25) is 0 Å². The highest BCUT2D eigenvalue weighted by atomic mass is 16.6. The summed E-state index contributed by atoms with van der Waals surface area (Å²) < 4.78 is 13.1. The van der Waals surface area contributed by atoms with Crippen LogP contribution in [0, 0.1) is 0 Å². The summed E-state index contributed by atoms with van der Waals surface area (Å²) in [5.41, 5.74) is 2.89. The van der Waals surface area contributed by atoms with E-state index in [0.717, 1.165) is 49.7 Å². The number of imidazole rings is 1. The zero-order valence-corrected chi connectivity index (χ0v) is 15.6. The van der Waals surface area contributed by atoms with E-state index in [4.69, 9.17) is 9.47 Å². The highest BCUT2D eigenvalue weighted by Gasteiger charge is 2.23. The second-order valence-corrected chi connectivity index (χ2v) is 7.19. The van der Waals surface area contributed by atoms with Crippen molar-refractivity contribution in [3.05, 3.63) is 60.2 Å². The van der Waals surface area contributed by atoms with Gasteiger partial charge in [-0.1, -0.05) is 6.07 Å². The zero-order chi connectivity index (χ0) is 18.9. The van der Waals surface area contributed by atoms with Crippen LogP contribution in [-0.4, -0.2) is 64.5 Å². The predicted molar refractivity (Wildman–Crippen MR) is 104 cm³/mol. The number of benzene rings is 1. The number of hydrogen-bond acceptors (Lipinski definition) is 5. The van der Waals surface area contributed by atoms with Crippen LogP contribution in [0.5, 0.6) is 11.5 Å². The molecule has 2 aromatic heterocycles. The third-order valence-corrected chi connectivity index (χ3v) is 5.33. The SMILES string of the molecule is O=C(c1ccc2cncn2c1)N1CCN(Cc2ccc3c(c2)OCCO3)CC1. The van der Waals surface area contributed by atoms with Crippen molar-refractivity contribution in [3.63, 3.8) is 0 Å². The molecule has 28 heavy (non-hydrogen) atoms. The third kappa shape index (κ3) is 3.29. The van der Waals surface area contributed by atoms with Crippen molar-refractivity contribution in [2.24, 2.45) is 0 Å². The number of carbonyl (C=O) groups is 1. The summed E-state index contributed by atoms with van der Waals surface area (Å²) in [6, 6.07) is 9.94. The number of piperazine rings is 1. The Hall–Kier alpha value is -3.06. The molecule has 3 aromatic rings. The summed E-state index contributed by atoms with van der Waals surface area (Å²) in [5, 5.41) is 0. The fourth-order valence-corrected chi connectivity index (χ4v) is 3.78. The van der Waals surface area contributed by atoms with Gasteiger partial charge in [-0.05, 0) is 29.8 Å². The average molecular weight is 378 g/mol. The number of pyridine rings is 1. The van der Waals surface area contributed by atoms with Crippen LogP contribution >= 0.6 is 0 Å². The molecule has 0 N–H and O–H groups in total. The molecule has 0 radical (unpaired) electrons. The fourth-order valence-electron chi connectivity index (χ4n) is 3.78. The number of carbonyl (C=O) groups excluding carboxylic acids is 1. The van der Waals surface area contributed by atoms with Gasteiger partial charge in [-0.2, -0.15) is 0 Å². The summed E-state index contributed by atoms with van der Waals surface area (Å²) in [7, 11) is 0. The first-order valence-corrected chi connectivity index (χ1v) is 9.58. The number of hydrogen-bond donors (Lipinski definition) is 0. The molecular formula is C21H22N4O3. The number of rotatable bonds is 3. The molecule has 1 amide bonds. The van der Waals surface area contributed by atoms with Gasteiger partial charge in [-0.15, -0.1) is 0 Å². The zero-order valence-electron chi connectivity index (χ0n) is 15.6. The number of ether oxygens (including phenoxy) is 2. The van der Waals surface area contributed by atoms with Crippen LogP contribution in [0.1, 0.15) is 15.9 Å². The molecule has 0 bridgehead atoms. The molecule has 144 valence electrons. The number of amides is 1. The van der Waals surface area contributed by atoms with Crippen molar-refractivity contribution in [3.8, 4) is 11.5 Å². The lowest BCUT2D eigenvalue weighted by molar-refractivity contribution is 0.0627. The molecule has 7 heteroatoms. The molecule has 4 heterocycles. The quantitative estimate of drug-likeness (QED) is 0.698. The van der Waals surface area contributed by atoms with E-state index in [-0.39, 0.29) is 5.91 Å². The number of aromatic nitrogens is 2. The Kier molecular flexibility index (Phi) is 4.37. The normalized spacial score (nSPS) is 17.1. The van der Waals surface area contributed by atoms with Gasteiger partial charge in [0, 0.05) is 38.9 Å². The van der Waals surface area contributed by atoms with Crippen molar-refractivity contribution in [2.75, 3.05) is 39.4 Å². The number of nitrogens with zero attached hydrogens (tertiary/aromatic N) is 4. The van der Waals surface area contributed by atoms with Crippen molar-refractivity contribution in [1.29, 1.82) is 0 Å². The minimum Gasteiger partial charge on any atom is -0.486 e. The predicted octanol–water partition coefficient (Wildman–Crippen LogP) is 2.06. The molecule has 0 aliphatic carbocycles. The van der Waals surface area contributed by atoms with E-state index in [2.05, 4.69) is 22.0 Å². The second kappa shape index (κ2) is 7.16. The van der Waals surface area contributed by atoms with Gasteiger partial charge in [-0.25, -0.2) is 4.98 Å². The van der Waals surface area contributed by atoms with E-state index in [0.29, 0.717) is 18.8 Å². The first kappa shape index (κ1) is 17.1. The van der Waals surface area contributed by atoms with Crippen LogP contribution in [0.15, 0.2) is 49.1 Å². The van der Waals surface area contributed by atoms with Gasteiger partial charge in [0.25, 0.3) is 5.91 Å². The summed E-state index contributed by atoms with van der Waals surface area (Å²) in [5.74, 6) is 1.72. The van der Waals surface area contributed by atoms with Gasteiger partial charge in [0.2, 0.25) is 0 Å². The summed E-state index contributed by atoms with van der Waals surface area (Å²) in [6.07, 6.45) is 5.36. The van der Waals surface area contributed by atoms with Crippen LogP contribution in [-0.2, 0) is 6.54 Å². The summed E-state index contributed by atoms with van der Waals surface area (Å²) in [4.78, 5) is 21.2. The highest BCUT2D eigenvalue weighted by Crippen LogP contribution is 2.31. The molecule has 0 unspecified atom stereocenters. The van der Waals surface area contributed by atoms with Crippen LogP contribution < -0.4 is 9.47 Å². The first-order valence-electron chi connectivity index (χ1n) is 9.58. The van der Waals surface area contributed by atoms with Crippen molar-refractivity contribution >= 4 is 11.4 Å². The lowest BCUT2D eigenvalue weighted by Gasteiger charge is -2.35. The Balaban J connectivity index is 1.20. The first-order chi connectivity index (χ1) is 13.8. The fraction of sp³-hybridized carbons (Fsp3) is 0.333. The summed E-state index contributed by atoms with van der Waals surface area (Å²) in [6.45, 7) is 5.22. The molecule has 1 aromatic carbocycles. The standard InChI is InChI=1S/C21H22N4O3/c26-21(17-2-3-18-12-22-15-25(18)14-17)24-7-5-23(6-8-24)13-16-1-4-19-20(11-16)28-10-9-27-19/h1-4,11-12,14-15H,5-10,13H2. The molecule has 1 fully saturated rings. The Labute approximate surface area is 163 Å². The van der Waals surface area contributed by atoms with E-state index >= 15 is 0 Å². The van der Waals surface area contributed by atoms with Crippen molar-refractivity contribution in [2.45, 2.75) is 6.54 Å². The Morgan fingerprint density at radius 1 is 1.00 bits per heavy atom. The van der Waals surface area contributed by atoms with Crippen LogP contribution in [0.3, 0.4) is 0 Å². The molecular weight excluding hydrogens is 356 g/mol. The molecule has 5 rings (SSSR count). The lowest BCUT2D eigenvalue weighted by atomic mass is 10.1. The van der Waals surface area contributed by atoms with E-state index in [1.54, 1.807) is 12.5 Å². The molecule has 7 nitrogen and oxygen atoms in total. The molecule has 0 saturated carbocycles. The van der Waals surface area contributed by atoms with Gasteiger partial charge in [0.1, 0.15) is 13.2 Å². The molecule has 0 spiro atoms. The van der Waals surface area contributed by atoms with E-state index < -0.39 is 0 Å². The monoisotopic (exact) mass is 378 g/mol. The Bertz CT molecular complexity index is 1010. The average Bonchev–Trinajstić information content (AvgIpc) is 3.21.